The summed E-state index contributed by atoms with van der Waals surface area (Å²) in [6.45, 7) is 4.69. The average molecular weight is 1420 g/mol. The Morgan fingerprint density at radius 3 is 0.878 bits per heavy atom. The lowest BCUT2D eigenvalue weighted by atomic mass is 10.0. The lowest BCUT2D eigenvalue weighted by Crippen LogP contribution is -2.30. The zero-order chi connectivity index (χ0) is 71.8. The molecule has 0 saturated carbocycles. The summed E-state index contributed by atoms with van der Waals surface area (Å²) in [5.41, 5.74) is 0. The van der Waals surface area contributed by atoms with E-state index < -0.39 is 97.5 Å². The van der Waals surface area contributed by atoms with Crippen LogP contribution in [0.3, 0.4) is 0 Å². The summed E-state index contributed by atoms with van der Waals surface area (Å²) in [5, 5.41) is 10.6. The van der Waals surface area contributed by atoms with Gasteiger partial charge in [0.1, 0.15) is 19.3 Å². The van der Waals surface area contributed by atoms with E-state index in [2.05, 4.69) is 94.5 Å². The minimum absolute atomic E-state index is 0.0362. The first-order chi connectivity index (χ1) is 47.7. The minimum Gasteiger partial charge on any atom is -0.462 e. The third kappa shape index (κ3) is 70.7. The molecule has 0 aromatic heterocycles. The molecule has 98 heavy (non-hydrogen) atoms. The second-order valence-electron chi connectivity index (χ2n) is 25.9. The van der Waals surface area contributed by atoms with Crippen LogP contribution in [0.15, 0.2) is 85.1 Å². The first-order valence-electron chi connectivity index (χ1n) is 38.8. The Kier molecular flexibility index (Phi) is 68.9. The Morgan fingerprint density at radius 2 is 0.551 bits per heavy atom. The molecule has 568 valence electrons. The molecule has 0 heterocycles. The fourth-order valence-electron chi connectivity index (χ4n) is 10.5. The van der Waals surface area contributed by atoms with Crippen LogP contribution in [-0.2, 0) is 65.4 Å². The molecule has 3 N–H and O–H groups in total. The highest BCUT2D eigenvalue weighted by Gasteiger charge is 2.30. The van der Waals surface area contributed by atoms with Crippen molar-refractivity contribution in [1.82, 2.24) is 0 Å². The van der Waals surface area contributed by atoms with Crippen molar-refractivity contribution in [2.45, 2.75) is 354 Å². The average Bonchev–Trinajstić information content (AvgIpc) is 0.992. The van der Waals surface area contributed by atoms with Gasteiger partial charge in [-0.05, 0) is 89.9 Å². The molecule has 0 bridgehead atoms. The molecule has 0 amide bonds. The summed E-state index contributed by atoms with van der Waals surface area (Å²) in [7, 11) is -9.96. The third-order valence-electron chi connectivity index (χ3n) is 16.4. The van der Waals surface area contributed by atoms with E-state index in [1.54, 1.807) is 0 Å². The largest absolute Gasteiger partial charge is 0.472 e. The molecule has 0 fully saturated rings. The number of phosphoric ester groups is 2. The van der Waals surface area contributed by atoms with Crippen molar-refractivity contribution in [2.24, 2.45) is 0 Å². The van der Waals surface area contributed by atoms with Crippen LogP contribution >= 0.6 is 15.6 Å². The van der Waals surface area contributed by atoms with E-state index in [0.717, 1.165) is 116 Å². The van der Waals surface area contributed by atoms with Gasteiger partial charge in [0.15, 0.2) is 12.2 Å². The first kappa shape index (κ1) is 94.2. The molecule has 0 rings (SSSR count). The highest BCUT2D eigenvalue weighted by atomic mass is 31.2. The molecule has 0 aromatic rings. The standard InChI is InChI=1S/C79H140O17P2/c1-5-9-13-17-21-25-29-32-34-35-36-37-39-41-45-48-52-56-60-64-77(82)90-70-75(96-79(84)66-62-58-54-50-46-42-38-33-30-26-22-18-14-10-6-2)72-94-98(87,88)92-68-73(80)67-91-97(85,86)93-71-74(95-78(83)65-61-57-53-49-43-28-24-20-16-12-8-4)69-89-76(81)63-59-55-51-47-44-40-31-27-23-19-15-11-7-3/h9,13,21,25,32-34,36-38,41,45,52,56,73-75,80H,5-8,10-12,14-20,22-24,26-31,35,39-40,42-44,46-51,53-55,57-72H2,1-4H3,(H,85,86)(H,87,88)/b13-9-,25-21-,34-32-,37-36-,38-33-,45-41-,56-52-. The molecule has 17 nitrogen and oxygen atoms in total. The number of rotatable bonds is 73. The normalized spacial score (nSPS) is 14.4. The van der Waals surface area contributed by atoms with E-state index >= 15 is 0 Å². The number of unbranched alkanes of at least 4 members (excludes halogenated alkanes) is 33. The number of allylic oxidation sites excluding steroid dienone is 14. The fourth-order valence-corrected chi connectivity index (χ4v) is 12.1. The van der Waals surface area contributed by atoms with Crippen molar-refractivity contribution in [1.29, 1.82) is 0 Å². The Balaban J connectivity index is 5.37. The second-order valence-corrected chi connectivity index (χ2v) is 28.8. The molecule has 0 radical (unpaired) electrons. The maximum absolute atomic E-state index is 13.1. The van der Waals surface area contributed by atoms with E-state index in [1.165, 1.54) is 135 Å². The number of hydrogen-bond acceptors (Lipinski definition) is 15. The Hall–Kier alpha value is -3.76. The van der Waals surface area contributed by atoms with Crippen molar-refractivity contribution in [3.8, 4) is 0 Å². The maximum Gasteiger partial charge on any atom is 0.472 e. The molecular weight excluding hydrogens is 1280 g/mol. The van der Waals surface area contributed by atoms with Gasteiger partial charge in [-0.25, -0.2) is 9.13 Å². The zero-order valence-corrected chi connectivity index (χ0v) is 63.7. The van der Waals surface area contributed by atoms with Crippen molar-refractivity contribution >= 4 is 39.5 Å². The smallest absolute Gasteiger partial charge is 0.462 e. The molecule has 5 atom stereocenters. The van der Waals surface area contributed by atoms with Crippen LogP contribution in [0.4, 0.5) is 0 Å². The molecule has 0 saturated heterocycles. The van der Waals surface area contributed by atoms with E-state index in [9.17, 15) is 43.2 Å². The molecule has 0 aliphatic carbocycles. The van der Waals surface area contributed by atoms with Gasteiger partial charge in [0.2, 0.25) is 0 Å². The zero-order valence-electron chi connectivity index (χ0n) is 62.0. The highest BCUT2D eigenvalue weighted by molar-refractivity contribution is 7.47. The SMILES string of the molecule is CC/C=C\C/C=C\C/C=C\C/C=C\C/C=C\C/C=C\CCC(=O)OCC(COP(=O)(O)OCC(O)COP(=O)(O)OCC(COC(=O)CCCCCCCCCCCCCCC)OC(=O)CCCCCCCCCCCCC)OC(=O)CCCCCCC/C=C\CCCCCCCC. The highest BCUT2D eigenvalue weighted by Crippen LogP contribution is 2.45. The van der Waals surface area contributed by atoms with Crippen LogP contribution < -0.4 is 0 Å². The molecular formula is C79H140O17P2. The van der Waals surface area contributed by atoms with Gasteiger partial charge in [-0.3, -0.25) is 37.3 Å². The number of aliphatic hydroxyl groups is 1. The van der Waals surface area contributed by atoms with E-state index in [1.807, 2.05) is 18.2 Å². The second kappa shape index (κ2) is 71.6. The van der Waals surface area contributed by atoms with Gasteiger partial charge in [-0.2, -0.15) is 0 Å². The lowest BCUT2D eigenvalue weighted by molar-refractivity contribution is -0.161. The number of hydrogen-bond donors (Lipinski definition) is 3. The van der Waals surface area contributed by atoms with Crippen molar-refractivity contribution in [3.63, 3.8) is 0 Å². The number of phosphoric acid groups is 2. The molecule has 5 unspecified atom stereocenters. The van der Waals surface area contributed by atoms with Gasteiger partial charge in [0, 0.05) is 25.7 Å². The van der Waals surface area contributed by atoms with Gasteiger partial charge in [-0.1, -0.05) is 305 Å². The number of ether oxygens (including phenoxy) is 4. The number of aliphatic hydroxyl groups excluding tert-OH is 1. The van der Waals surface area contributed by atoms with Gasteiger partial charge < -0.3 is 33.8 Å². The van der Waals surface area contributed by atoms with Crippen molar-refractivity contribution in [3.05, 3.63) is 85.1 Å². The van der Waals surface area contributed by atoms with Crippen molar-refractivity contribution < 1.29 is 80.2 Å². The van der Waals surface area contributed by atoms with Crippen LogP contribution in [0, 0.1) is 0 Å². The number of carbonyl (C=O) groups excluding carboxylic acids is 4. The van der Waals surface area contributed by atoms with Gasteiger partial charge in [0.05, 0.1) is 26.4 Å². The van der Waals surface area contributed by atoms with Gasteiger partial charge in [0.25, 0.3) is 0 Å². The summed E-state index contributed by atoms with van der Waals surface area (Å²) in [4.78, 5) is 72.8. The summed E-state index contributed by atoms with van der Waals surface area (Å²) < 4.78 is 68.4. The topological polar surface area (TPSA) is 237 Å². The number of esters is 4. The summed E-state index contributed by atoms with van der Waals surface area (Å²) >= 11 is 0. The van der Waals surface area contributed by atoms with Crippen molar-refractivity contribution in [2.75, 3.05) is 39.6 Å². The van der Waals surface area contributed by atoms with Crippen LogP contribution in [0.1, 0.15) is 336 Å². The van der Waals surface area contributed by atoms with Crippen LogP contribution in [0.2, 0.25) is 0 Å². The van der Waals surface area contributed by atoms with Gasteiger partial charge in [-0.15, -0.1) is 0 Å². The predicted molar refractivity (Wildman–Crippen MR) is 399 cm³/mol. The summed E-state index contributed by atoms with van der Waals surface area (Å²) in [5.74, 6) is -2.26. The molecule has 0 aromatic carbocycles. The minimum atomic E-state index is -4.99. The fraction of sp³-hybridized carbons (Fsp3) is 0.772. The molecule has 0 aliphatic heterocycles. The maximum atomic E-state index is 13.1. The Bertz CT molecular complexity index is 2190. The summed E-state index contributed by atoms with van der Waals surface area (Å²) in [6, 6.07) is 0. The third-order valence-corrected chi connectivity index (χ3v) is 18.3. The first-order valence-corrected chi connectivity index (χ1v) is 41.8. The molecule has 19 heteroatoms. The van der Waals surface area contributed by atoms with Crippen LogP contribution in [0.5, 0.6) is 0 Å². The van der Waals surface area contributed by atoms with E-state index in [0.29, 0.717) is 32.1 Å². The predicted octanol–water partition coefficient (Wildman–Crippen LogP) is 22.2. The van der Waals surface area contributed by atoms with Crippen LogP contribution in [0.25, 0.3) is 0 Å². The van der Waals surface area contributed by atoms with Crippen LogP contribution in [-0.4, -0.2) is 96.7 Å². The number of carbonyl (C=O) groups is 4. The quantitative estimate of drug-likeness (QED) is 0.0169. The monoisotopic (exact) mass is 1420 g/mol. The van der Waals surface area contributed by atoms with E-state index in [-0.39, 0.29) is 25.7 Å². The Morgan fingerprint density at radius 1 is 0.296 bits per heavy atom. The van der Waals surface area contributed by atoms with E-state index in [4.69, 9.17) is 37.0 Å². The summed E-state index contributed by atoms with van der Waals surface area (Å²) in [6.07, 6.45) is 73.0. The van der Waals surface area contributed by atoms with Gasteiger partial charge >= 0.3 is 39.5 Å². The molecule has 0 spiro atoms. The Labute approximate surface area is 595 Å². The lowest BCUT2D eigenvalue weighted by Gasteiger charge is -2.21. The molecule has 0 aliphatic rings.